The molecule has 4 N–H and O–H groups in total. The molecule has 0 heterocycles. The first-order valence-electron chi connectivity index (χ1n) is 3.98. The Morgan fingerprint density at radius 3 is 2.46 bits per heavy atom. The summed E-state index contributed by atoms with van der Waals surface area (Å²) in [7, 11) is 0. The molecule has 2 amide bonds. The average molecular weight is 180 g/mol. The molecule has 0 aliphatic rings. The Hall–Kier alpha value is -1.55. The van der Waals surface area contributed by atoms with Gasteiger partial charge >= 0.3 is 6.03 Å². The molecule has 0 unspecified atom stereocenters. The lowest BCUT2D eigenvalue weighted by molar-refractivity contribution is 0.259. The molecular weight excluding hydrogens is 168 g/mol. The van der Waals surface area contributed by atoms with E-state index in [1.165, 1.54) is 0 Å². The monoisotopic (exact) mass is 180 g/mol. The average Bonchev–Trinajstić information content (AvgIpc) is 2.08. The molecule has 0 bridgehead atoms. The van der Waals surface area contributed by atoms with E-state index in [1.54, 1.807) is 12.1 Å². The molecule has 0 atom stereocenters. The Kier molecular flexibility index (Phi) is 3.28. The van der Waals surface area contributed by atoms with Gasteiger partial charge in [-0.15, -0.1) is 0 Å². The maximum atomic E-state index is 10.5. The zero-order valence-electron chi connectivity index (χ0n) is 7.16. The molecule has 0 spiro atoms. The number of aliphatic hydroxyl groups excluding tert-OH is 1. The van der Waals surface area contributed by atoms with Crippen LogP contribution >= 0.6 is 0 Å². The zero-order chi connectivity index (χ0) is 9.68. The third-order valence-corrected chi connectivity index (χ3v) is 1.62. The first-order valence-corrected chi connectivity index (χ1v) is 3.98. The second kappa shape index (κ2) is 4.47. The van der Waals surface area contributed by atoms with Crippen LogP contribution in [0.4, 0.5) is 10.5 Å². The van der Waals surface area contributed by atoms with Crippen LogP contribution in [0.15, 0.2) is 24.3 Å². The second-order valence-corrected chi connectivity index (χ2v) is 2.66. The Balaban J connectivity index is 2.64. The number of carbonyl (C=O) groups is 1. The summed E-state index contributed by atoms with van der Waals surface area (Å²) < 4.78 is 0. The van der Waals surface area contributed by atoms with Crippen LogP contribution in [-0.4, -0.2) is 17.7 Å². The molecule has 4 heteroatoms. The van der Waals surface area contributed by atoms with Crippen molar-refractivity contribution in [2.75, 3.05) is 11.9 Å². The van der Waals surface area contributed by atoms with Gasteiger partial charge in [0.25, 0.3) is 0 Å². The summed E-state index contributed by atoms with van der Waals surface area (Å²) in [5.74, 6) is 0. The first-order chi connectivity index (χ1) is 6.22. The Morgan fingerprint density at radius 2 is 2.00 bits per heavy atom. The Labute approximate surface area is 76.4 Å². The molecule has 13 heavy (non-hydrogen) atoms. The molecule has 0 radical (unpaired) electrons. The van der Waals surface area contributed by atoms with E-state index in [-0.39, 0.29) is 6.61 Å². The van der Waals surface area contributed by atoms with Crippen LogP contribution in [0.1, 0.15) is 5.56 Å². The minimum absolute atomic E-state index is 0.128. The molecule has 1 aromatic carbocycles. The Bertz CT molecular complexity index is 282. The number of primary amides is 1. The van der Waals surface area contributed by atoms with Gasteiger partial charge in [0, 0.05) is 12.3 Å². The highest BCUT2D eigenvalue weighted by Gasteiger charge is 1.95. The lowest BCUT2D eigenvalue weighted by Gasteiger charge is -2.02. The van der Waals surface area contributed by atoms with E-state index >= 15 is 0 Å². The summed E-state index contributed by atoms with van der Waals surface area (Å²) in [5, 5.41) is 11.1. The van der Waals surface area contributed by atoms with E-state index in [1.807, 2.05) is 12.1 Å². The van der Waals surface area contributed by atoms with E-state index < -0.39 is 6.03 Å². The van der Waals surface area contributed by atoms with Gasteiger partial charge in [0.2, 0.25) is 0 Å². The van der Waals surface area contributed by atoms with Gasteiger partial charge in [0.05, 0.1) is 0 Å². The lowest BCUT2D eigenvalue weighted by Crippen LogP contribution is -2.19. The molecule has 0 saturated carbocycles. The molecule has 0 fully saturated rings. The quantitative estimate of drug-likeness (QED) is 0.640. The number of anilines is 1. The summed E-state index contributed by atoms with van der Waals surface area (Å²) in [6, 6.07) is 6.59. The van der Waals surface area contributed by atoms with E-state index in [0.29, 0.717) is 12.1 Å². The summed E-state index contributed by atoms with van der Waals surface area (Å²) >= 11 is 0. The predicted octanol–water partition coefficient (Wildman–Crippen LogP) is 0.712. The summed E-state index contributed by atoms with van der Waals surface area (Å²) in [5.41, 5.74) is 6.62. The van der Waals surface area contributed by atoms with Crippen molar-refractivity contribution in [3.63, 3.8) is 0 Å². The standard InChI is InChI=1S/C9H12N2O2/c10-9(13)11-8-3-1-7(2-4-8)5-6-12/h1-4,12H,5-6H2,(H3,10,11,13). The minimum Gasteiger partial charge on any atom is -0.396 e. The van der Waals surface area contributed by atoms with Gasteiger partial charge in [-0.05, 0) is 24.1 Å². The maximum absolute atomic E-state index is 10.5. The third-order valence-electron chi connectivity index (χ3n) is 1.62. The molecule has 1 aromatic rings. The van der Waals surface area contributed by atoms with E-state index in [9.17, 15) is 4.79 Å². The van der Waals surface area contributed by atoms with Crippen LogP contribution < -0.4 is 11.1 Å². The van der Waals surface area contributed by atoms with Crippen LogP contribution in [0.2, 0.25) is 0 Å². The van der Waals surface area contributed by atoms with Crippen molar-refractivity contribution >= 4 is 11.7 Å². The number of benzene rings is 1. The van der Waals surface area contributed by atoms with Crippen molar-refractivity contribution in [3.8, 4) is 0 Å². The van der Waals surface area contributed by atoms with Gasteiger partial charge in [-0.25, -0.2) is 4.79 Å². The molecule has 0 aliphatic carbocycles. The number of hydrogen-bond acceptors (Lipinski definition) is 2. The van der Waals surface area contributed by atoms with Crippen LogP contribution in [-0.2, 0) is 6.42 Å². The molecule has 0 aromatic heterocycles. The van der Waals surface area contributed by atoms with Crippen LogP contribution in [0.25, 0.3) is 0 Å². The van der Waals surface area contributed by atoms with Gasteiger partial charge in [-0.1, -0.05) is 12.1 Å². The van der Waals surface area contributed by atoms with Crippen molar-refractivity contribution in [1.82, 2.24) is 0 Å². The fourth-order valence-electron chi connectivity index (χ4n) is 1.03. The van der Waals surface area contributed by atoms with Crippen LogP contribution in [0.3, 0.4) is 0 Å². The third kappa shape index (κ3) is 3.13. The van der Waals surface area contributed by atoms with Crippen LogP contribution in [0, 0.1) is 0 Å². The highest BCUT2D eigenvalue weighted by molar-refractivity contribution is 5.87. The molecule has 0 saturated heterocycles. The fraction of sp³-hybridized carbons (Fsp3) is 0.222. The molecule has 70 valence electrons. The van der Waals surface area contributed by atoms with Gasteiger partial charge in [-0.2, -0.15) is 0 Å². The summed E-state index contributed by atoms with van der Waals surface area (Å²) in [4.78, 5) is 10.5. The SMILES string of the molecule is NC(=O)Nc1ccc(CCO)cc1. The van der Waals surface area contributed by atoms with E-state index in [4.69, 9.17) is 10.8 Å². The number of hydrogen-bond donors (Lipinski definition) is 3. The summed E-state index contributed by atoms with van der Waals surface area (Å²) in [6.07, 6.45) is 0.622. The highest BCUT2D eigenvalue weighted by atomic mass is 16.2. The fourth-order valence-corrected chi connectivity index (χ4v) is 1.03. The van der Waals surface area contributed by atoms with Gasteiger partial charge in [0.15, 0.2) is 0 Å². The smallest absolute Gasteiger partial charge is 0.316 e. The van der Waals surface area contributed by atoms with Gasteiger partial charge < -0.3 is 16.2 Å². The predicted molar refractivity (Wildman–Crippen MR) is 50.4 cm³/mol. The van der Waals surface area contributed by atoms with Crippen molar-refractivity contribution < 1.29 is 9.90 Å². The number of amides is 2. The normalized spacial score (nSPS) is 9.62. The number of nitrogens with one attached hydrogen (secondary N) is 1. The number of aliphatic hydroxyl groups is 1. The van der Waals surface area contributed by atoms with E-state index in [2.05, 4.69) is 5.32 Å². The van der Waals surface area contributed by atoms with Crippen molar-refractivity contribution in [3.05, 3.63) is 29.8 Å². The number of carbonyl (C=O) groups excluding carboxylic acids is 1. The van der Waals surface area contributed by atoms with E-state index in [0.717, 1.165) is 5.56 Å². The second-order valence-electron chi connectivity index (χ2n) is 2.66. The molecule has 0 aliphatic heterocycles. The summed E-state index contributed by atoms with van der Waals surface area (Å²) in [6.45, 7) is 0.128. The maximum Gasteiger partial charge on any atom is 0.316 e. The van der Waals surface area contributed by atoms with Crippen LogP contribution in [0.5, 0.6) is 0 Å². The minimum atomic E-state index is -0.574. The van der Waals surface area contributed by atoms with Gasteiger partial charge in [0.1, 0.15) is 0 Å². The largest absolute Gasteiger partial charge is 0.396 e. The Morgan fingerprint density at radius 1 is 1.38 bits per heavy atom. The number of rotatable bonds is 3. The molecule has 4 nitrogen and oxygen atoms in total. The lowest BCUT2D eigenvalue weighted by atomic mass is 10.1. The topological polar surface area (TPSA) is 75.4 Å². The van der Waals surface area contributed by atoms with Gasteiger partial charge in [-0.3, -0.25) is 0 Å². The first kappa shape index (κ1) is 9.54. The molecular formula is C9H12N2O2. The number of urea groups is 1. The highest BCUT2D eigenvalue weighted by Crippen LogP contribution is 2.09. The van der Waals surface area contributed by atoms with Crippen molar-refractivity contribution in [2.24, 2.45) is 5.73 Å². The molecule has 1 rings (SSSR count). The van der Waals surface area contributed by atoms with Crippen molar-refractivity contribution in [1.29, 1.82) is 0 Å². The number of nitrogens with two attached hydrogens (primary N) is 1. The van der Waals surface area contributed by atoms with Crippen molar-refractivity contribution in [2.45, 2.75) is 6.42 Å². The zero-order valence-corrected chi connectivity index (χ0v) is 7.16.